The van der Waals surface area contributed by atoms with Gasteiger partial charge in [0.15, 0.2) is 0 Å². The number of non-ortho nitro benzene ring substituents is 1. The third kappa shape index (κ3) is 6.20. The molecular weight excluding hydrogens is 336 g/mol. The van der Waals surface area contributed by atoms with Gasteiger partial charge in [-0.15, -0.1) is 0 Å². The first-order valence-electron chi connectivity index (χ1n) is 9.41. The molecule has 1 saturated carbocycles. The van der Waals surface area contributed by atoms with Crippen molar-refractivity contribution in [2.45, 2.75) is 70.6 Å². The lowest BCUT2D eigenvalue weighted by molar-refractivity contribution is -0.394. The van der Waals surface area contributed by atoms with Crippen molar-refractivity contribution in [2.24, 2.45) is 5.92 Å². The fourth-order valence-electron chi connectivity index (χ4n) is 3.69. The highest BCUT2D eigenvalue weighted by atomic mass is 16.6. The number of ketones is 1. The van der Waals surface area contributed by atoms with Crippen molar-refractivity contribution < 1.29 is 14.6 Å². The van der Waals surface area contributed by atoms with Gasteiger partial charge >= 0.3 is 0 Å². The van der Waals surface area contributed by atoms with E-state index in [0.717, 1.165) is 31.2 Å². The van der Waals surface area contributed by atoms with Crippen LogP contribution in [-0.4, -0.2) is 15.6 Å². The average molecular weight is 362 g/mol. The number of hydrogen-bond donors (Lipinski definition) is 0. The summed E-state index contributed by atoms with van der Waals surface area (Å²) in [6.07, 6.45) is 11.3. The minimum Gasteiger partial charge on any atom is -0.299 e. The van der Waals surface area contributed by atoms with E-state index in [9.17, 15) is 25.0 Å². The van der Waals surface area contributed by atoms with Gasteiger partial charge in [0.1, 0.15) is 5.78 Å². The molecule has 7 heteroatoms. The zero-order valence-electron chi connectivity index (χ0n) is 15.0. The second-order valence-corrected chi connectivity index (χ2v) is 7.15. The number of carbonyl (C=O) groups excluding carboxylic acids is 1. The first kappa shape index (κ1) is 20.0. The Hall–Kier alpha value is -2.31. The van der Waals surface area contributed by atoms with Crippen LogP contribution in [0.15, 0.2) is 18.2 Å². The smallest absolute Gasteiger partial charge is 0.279 e. The molecule has 26 heavy (non-hydrogen) atoms. The topological polar surface area (TPSA) is 103 Å². The standard InChI is InChI=1S/C19H26N2O5/c22-18(10-6-2-5-9-15-7-3-1-4-8-15)13-16-11-12-17(20(23)24)14-19(16)21(25)26/h11-12,14-15H,1-10,13H2. The maximum Gasteiger partial charge on any atom is 0.279 e. The van der Waals surface area contributed by atoms with Crippen molar-refractivity contribution in [3.8, 4) is 0 Å². The zero-order valence-corrected chi connectivity index (χ0v) is 15.0. The molecule has 0 saturated heterocycles. The summed E-state index contributed by atoms with van der Waals surface area (Å²) >= 11 is 0. The van der Waals surface area contributed by atoms with E-state index < -0.39 is 9.85 Å². The Balaban J connectivity index is 1.76. The fourth-order valence-corrected chi connectivity index (χ4v) is 3.69. The molecule has 0 atom stereocenters. The molecule has 1 aliphatic rings. The zero-order chi connectivity index (χ0) is 18.9. The minimum atomic E-state index is -0.676. The van der Waals surface area contributed by atoms with Crippen molar-refractivity contribution in [1.29, 1.82) is 0 Å². The van der Waals surface area contributed by atoms with Crippen molar-refractivity contribution in [3.05, 3.63) is 44.0 Å². The third-order valence-electron chi connectivity index (χ3n) is 5.16. The van der Waals surface area contributed by atoms with Gasteiger partial charge in [-0.05, 0) is 18.4 Å². The van der Waals surface area contributed by atoms with Crippen LogP contribution in [0.3, 0.4) is 0 Å². The van der Waals surface area contributed by atoms with Gasteiger partial charge in [0.05, 0.1) is 15.9 Å². The Morgan fingerprint density at radius 1 is 1.00 bits per heavy atom. The molecule has 0 radical (unpaired) electrons. The highest BCUT2D eigenvalue weighted by molar-refractivity contribution is 5.82. The third-order valence-corrected chi connectivity index (χ3v) is 5.16. The van der Waals surface area contributed by atoms with Crippen LogP contribution < -0.4 is 0 Å². The summed E-state index contributed by atoms with van der Waals surface area (Å²) in [5.74, 6) is 0.793. The number of unbranched alkanes of at least 4 members (excludes halogenated alkanes) is 2. The van der Waals surface area contributed by atoms with Crippen LogP contribution in [0.25, 0.3) is 0 Å². The average Bonchev–Trinajstić information content (AvgIpc) is 2.62. The van der Waals surface area contributed by atoms with E-state index in [1.54, 1.807) is 0 Å². The summed E-state index contributed by atoms with van der Waals surface area (Å²) in [4.78, 5) is 32.6. The first-order chi connectivity index (χ1) is 12.5. The van der Waals surface area contributed by atoms with Crippen molar-refractivity contribution in [1.82, 2.24) is 0 Å². The normalized spacial score (nSPS) is 14.9. The predicted molar refractivity (Wildman–Crippen MR) is 98.1 cm³/mol. The Labute approximate surface area is 153 Å². The van der Waals surface area contributed by atoms with Crippen LogP contribution in [0.2, 0.25) is 0 Å². The van der Waals surface area contributed by atoms with Gasteiger partial charge in [-0.25, -0.2) is 0 Å². The molecule has 0 N–H and O–H groups in total. The van der Waals surface area contributed by atoms with Crippen LogP contribution in [-0.2, 0) is 11.2 Å². The van der Waals surface area contributed by atoms with Gasteiger partial charge in [0, 0.05) is 24.5 Å². The number of nitrogens with zero attached hydrogens (tertiary/aromatic N) is 2. The van der Waals surface area contributed by atoms with E-state index in [-0.39, 0.29) is 29.1 Å². The van der Waals surface area contributed by atoms with Crippen LogP contribution in [0.5, 0.6) is 0 Å². The molecule has 0 spiro atoms. The lowest BCUT2D eigenvalue weighted by atomic mass is 9.85. The minimum absolute atomic E-state index is 0.0447. The molecule has 142 valence electrons. The number of carbonyl (C=O) groups is 1. The second kappa shape index (κ2) is 9.99. The Morgan fingerprint density at radius 3 is 2.38 bits per heavy atom. The lowest BCUT2D eigenvalue weighted by Gasteiger charge is -2.21. The Bertz CT molecular complexity index is 653. The summed E-state index contributed by atoms with van der Waals surface area (Å²) in [6.45, 7) is 0. The summed E-state index contributed by atoms with van der Waals surface area (Å²) in [5, 5.41) is 21.8. The molecule has 1 fully saturated rings. The van der Waals surface area contributed by atoms with Crippen LogP contribution in [0.4, 0.5) is 11.4 Å². The molecule has 0 unspecified atom stereocenters. The van der Waals surface area contributed by atoms with Gasteiger partial charge in [0.25, 0.3) is 11.4 Å². The van der Waals surface area contributed by atoms with Crippen molar-refractivity contribution in [3.63, 3.8) is 0 Å². The van der Waals surface area contributed by atoms with E-state index in [4.69, 9.17) is 0 Å². The van der Waals surface area contributed by atoms with E-state index in [1.807, 2.05) is 0 Å². The second-order valence-electron chi connectivity index (χ2n) is 7.15. The molecule has 0 bridgehead atoms. The van der Waals surface area contributed by atoms with Gasteiger partial charge < -0.3 is 0 Å². The number of benzene rings is 1. The molecule has 7 nitrogen and oxygen atoms in total. The largest absolute Gasteiger partial charge is 0.299 e. The quantitative estimate of drug-likeness (QED) is 0.325. The summed E-state index contributed by atoms with van der Waals surface area (Å²) in [6, 6.07) is 3.45. The van der Waals surface area contributed by atoms with Gasteiger partial charge in [-0.1, -0.05) is 51.4 Å². The fraction of sp³-hybridized carbons (Fsp3) is 0.632. The summed E-state index contributed by atoms with van der Waals surface area (Å²) < 4.78 is 0. The maximum absolute atomic E-state index is 12.1. The highest BCUT2D eigenvalue weighted by Crippen LogP contribution is 2.28. The van der Waals surface area contributed by atoms with Crippen LogP contribution in [0.1, 0.15) is 69.8 Å². The van der Waals surface area contributed by atoms with Gasteiger partial charge in [-0.2, -0.15) is 0 Å². The molecular formula is C19H26N2O5. The highest BCUT2D eigenvalue weighted by Gasteiger charge is 2.21. The summed E-state index contributed by atoms with van der Waals surface area (Å²) in [7, 11) is 0. The SMILES string of the molecule is O=C(CCCCCC1CCCCC1)Cc1ccc([N+](=O)[O-])cc1[N+](=O)[O-]. The number of Topliss-reactive ketones (excluding diaryl/α,β-unsaturated/α-hetero) is 1. The van der Waals surface area contributed by atoms with E-state index >= 15 is 0 Å². The number of nitro groups is 2. The van der Waals surface area contributed by atoms with Crippen molar-refractivity contribution in [2.75, 3.05) is 0 Å². The summed E-state index contributed by atoms with van der Waals surface area (Å²) in [5.41, 5.74) is -0.451. The number of hydrogen-bond acceptors (Lipinski definition) is 5. The van der Waals surface area contributed by atoms with Gasteiger partial charge in [-0.3, -0.25) is 25.0 Å². The Morgan fingerprint density at radius 2 is 1.73 bits per heavy atom. The molecule has 0 amide bonds. The van der Waals surface area contributed by atoms with Crippen molar-refractivity contribution >= 4 is 17.2 Å². The molecule has 0 aromatic heterocycles. The van der Waals surface area contributed by atoms with Crippen LogP contribution >= 0.6 is 0 Å². The molecule has 0 heterocycles. The number of rotatable bonds is 10. The molecule has 1 aromatic rings. The first-order valence-corrected chi connectivity index (χ1v) is 9.41. The number of nitro benzene ring substituents is 2. The predicted octanol–water partition coefficient (Wildman–Crippen LogP) is 5.15. The molecule has 2 rings (SSSR count). The van der Waals surface area contributed by atoms with E-state index in [2.05, 4.69) is 0 Å². The van der Waals surface area contributed by atoms with Gasteiger partial charge in [0.2, 0.25) is 0 Å². The molecule has 1 aliphatic carbocycles. The Kier molecular flexibility index (Phi) is 7.69. The molecule has 0 aliphatic heterocycles. The van der Waals surface area contributed by atoms with E-state index in [1.165, 1.54) is 50.7 Å². The lowest BCUT2D eigenvalue weighted by Crippen LogP contribution is -2.07. The monoisotopic (exact) mass is 362 g/mol. The maximum atomic E-state index is 12.1. The van der Waals surface area contributed by atoms with Crippen LogP contribution in [0, 0.1) is 26.1 Å². The molecule has 1 aromatic carbocycles. The van der Waals surface area contributed by atoms with E-state index in [0.29, 0.717) is 6.42 Å².